The number of anilines is 1. The smallest absolute Gasteiger partial charge is 0.162 e. The molecule has 0 saturated heterocycles. The molecule has 94 valence electrons. The van der Waals surface area contributed by atoms with Gasteiger partial charge in [-0.25, -0.2) is 4.98 Å². The summed E-state index contributed by atoms with van der Waals surface area (Å²) in [5, 5.41) is 5.52. The molecule has 2 heterocycles. The van der Waals surface area contributed by atoms with Gasteiger partial charge in [-0.15, -0.1) is 0 Å². The zero-order chi connectivity index (χ0) is 12.5. The fourth-order valence-electron chi connectivity index (χ4n) is 2.10. The second kappa shape index (κ2) is 4.37. The molecule has 3 rings (SSSR count). The van der Waals surface area contributed by atoms with Gasteiger partial charge in [0.25, 0.3) is 0 Å². The van der Waals surface area contributed by atoms with Crippen LogP contribution in [0.15, 0.2) is 24.4 Å². The zero-order valence-corrected chi connectivity index (χ0v) is 10.6. The third-order valence-corrected chi connectivity index (χ3v) is 2.85. The Hall–Kier alpha value is -1.97. The van der Waals surface area contributed by atoms with Crippen molar-refractivity contribution >= 4 is 16.6 Å². The Morgan fingerprint density at radius 2 is 1.89 bits per heavy atom. The van der Waals surface area contributed by atoms with E-state index < -0.39 is 0 Å². The van der Waals surface area contributed by atoms with Gasteiger partial charge in [-0.1, -0.05) is 0 Å². The molecular weight excluding hydrogens is 228 g/mol. The molecule has 1 N–H and O–H groups in total. The molecule has 1 aromatic heterocycles. The maximum atomic E-state index is 5.61. The van der Waals surface area contributed by atoms with Crippen LogP contribution in [-0.4, -0.2) is 24.2 Å². The predicted octanol–water partition coefficient (Wildman–Crippen LogP) is 2.83. The molecule has 0 aliphatic carbocycles. The standard InChI is InChI=1S/C14H16N2O2/c1-9(2)16-14-11-8-13-12(17-5-6-18-13)7-10(11)3-4-15-14/h3-4,7-9H,5-6H2,1-2H3,(H,15,16). The first-order chi connectivity index (χ1) is 8.74. The molecule has 0 fully saturated rings. The molecule has 0 bridgehead atoms. The average molecular weight is 244 g/mol. The van der Waals surface area contributed by atoms with Gasteiger partial charge in [0.2, 0.25) is 0 Å². The van der Waals surface area contributed by atoms with Gasteiger partial charge in [0, 0.05) is 17.6 Å². The van der Waals surface area contributed by atoms with Gasteiger partial charge in [0.15, 0.2) is 11.5 Å². The molecule has 2 aromatic rings. The lowest BCUT2D eigenvalue weighted by atomic mass is 10.1. The number of nitrogens with zero attached hydrogens (tertiary/aromatic N) is 1. The second-order valence-electron chi connectivity index (χ2n) is 4.68. The van der Waals surface area contributed by atoms with Gasteiger partial charge in [-0.3, -0.25) is 0 Å². The summed E-state index contributed by atoms with van der Waals surface area (Å²) in [5.41, 5.74) is 0. The first-order valence-corrected chi connectivity index (χ1v) is 6.19. The van der Waals surface area contributed by atoms with Gasteiger partial charge in [-0.2, -0.15) is 0 Å². The van der Waals surface area contributed by atoms with Crippen molar-refractivity contribution in [3.8, 4) is 11.5 Å². The fraction of sp³-hybridized carbons (Fsp3) is 0.357. The van der Waals surface area contributed by atoms with Gasteiger partial charge < -0.3 is 14.8 Å². The largest absolute Gasteiger partial charge is 0.486 e. The van der Waals surface area contributed by atoms with Crippen LogP contribution < -0.4 is 14.8 Å². The summed E-state index contributed by atoms with van der Waals surface area (Å²) in [6, 6.07) is 6.34. The molecule has 18 heavy (non-hydrogen) atoms. The van der Waals surface area contributed by atoms with Crippen LogP contribution in [0, 0.1) is 0 Å². The van der Waals surface area contributed by atoms with Gasteiger partial charge in [-0.05, 0) is 37.4 Å². The molecule has 0 spiro atoms. The second-order valence-corrected chi connectivity index (χ2v) is 4.68. The molecule has 4 heteroatoms. The van der Waals surface area contributed by atoms with Crippen LogP contribution in [0.1, 0.15) is 13.8 Å². The van der Waals surface area contributed by atoms with Crippen LogP contribution in [0.3, 0.4) is 0 Å². The van der Waals surface area contributed by atoms with Gasteiger partial charge in [0.05, 0.1) is 0 Å². The molecule has 0 atom stereocenters. The molecule has 0 saturated carbocycles. The van der Waals surface area contributed by atoms with Gasteiger partial charge in [0.1, 0.15) is 19.0 Å². The number of fused-ring (bicyclic) bond motifs is 2. The van der Waals surface area contributed by atoms with E-state index in [0.717, 1.165) is 28.1 Å². The summed E-state index contributed by atoms with van der Waals surface area (Å²) in [4.78, 5) is 4.39. The van der Waals surface area contributed by atoms with E-state index in [-0.39, 0.29) is 0 Å². The Morgan fingerprint density at radius 1 is 1.17 bits per heavy atom. The maximum Gasteiger partial charge on any atom is 0.162 e. The number of hydrogen-bond donors (Lipinski definition) is 1. The monoisotopic (exact) mass is 244 g/mol. The van der Waals surface area contributed by atoms with Crippen LogP contribution >= 0.6 is 0 Å². The molecule has 1 aliphatic heterocycles. The molecule has 1 aliphatic rings. The summed E-state index contributed by atoms with van der Waals surface area (Å²) in [6.07, 6.45) is 1.81. The topological polar surface area (TPSA) is 43.4 Å². The highest BCUT2D eigenvalue weighted by Crippen LogP contribution is 2.36. The van der Waals surface area contributed by atoms with Crippen molar-refractivity contribution in [1.82, 2.24) is 4.98 Å². The van der Waals surface area contributed by atoms with Crippen molar-refractivity contribution in [2.24, 2.45) is 0 Å². The van der Waals surface area contributed by atoms with Crippen molar-refractivity contribution in [2.75, 3.05) is 18.5 Å². The zero-order valence-electron chi connectivity index (χ0n) is 10.6. The van der Waals surface area contributed by atoms with Crippen LogP contribution in [0.5, 0.6) is 11.5 Å². The van der Waals surface area contributed by atoms with Crippen LogP contribution in [0.25, 0.3) is 10.8 Å². The number of aromatic nitrogens is 1. The minimum atomic E-state index is 0.344. The van der Waals surface area contributed by atoms with E-state index in [4.69, 9.17) is 9.47 Å². The SMILES string of the molecule is CC(C)Nc1nccc2cc3c(cc12)OCCO3. The Bertz CT molecular complexity index is 581. The predicted molar refractivity (Wildman–Crippen MR) is 71.5 cm³/mol. The lowest BCUT2D eigenvalue weighted by molar-refractivity contribution is 0.172. The molecule has 0 amide bonds. The number of rotatable bonds is 2. The van der Waals surface area contributed by atoms with Crippen LogP contribution in [0.4, 0.5) is 5.82 Å². The minimum absolute atomic E-state index is 0.344. The lowest BCUT2D eigenvalue weighted by Gasteiger charge is -2.20. The van der Waals surface area contributed by atoms with Crippen LogP contribution in [-0.2, 0) is 0 Å². The van der Waals surface area contributed by atoms with E-state index in [9.17, 15) is 0 Å². The summed E-state index contributed by atoms with van der Waals surface area (Å²) in [7, 11) is 0. The van der Waals surface area contributed by atoms with E-state index in [1.165, 1.54) is 0 Å². The summed E-state index contributed by atoms with van der Waals surface area (Å²) < 4.78 is 11.2. The number of ether oxygens (including phenoxy) is 2. The molecular formula is C14H16N2O2. The first kappa shape index (κ1) is 11.1. The third-order valence-electron chi connectivity index (χ3n) is 2.85. The number of benzene rings is 1. The summed E-state index contributed by atoms with van der Waals surface area (Å²) in [6.45, 7) is 5.41. The number of pyridine rings is 1. The summed E-state index contributed by atoms with van der Waals surface area (Å²) in [5.74, 6) is 2.50. The molecule has 1 aromatic carbocycles. The Kier molecular flexibility index (Phi) is 2.70. The highest BCUT2D eigenvalue weighted by atomic mass is 16.6. The lowest BCUT2D eigenvalue weighted by Crippen LogP contribution is -2.15. The quantitative estimate of drug-likeness (QED) is 0.882. The van der Waals surface area contributed by atoms with Crippen molar-refractivity contribution in [3.05, 3.63) is 24.4 Å². The van der Waals surface area contributed by atoms with E-state index in [0.29, 0.717) is 19.3 Å². The number of nitrogens with one attached hydrogen (secondary N) is 1. The maximum absolute atomic E-state index is 5.61. The first-order valence-electron chi connectivity index (χ1n) is 6.19. The highest BCUT2D eigenvalue weighted by Gasteiger charge is 2.14. The number of hydrogen-bond acceptors (Lipinski definition) is 4. The molecule has 0 radical (unpaired) electrons. The van der Waals surface area contributed by atoms with Crippen molar-refractivity contribution < 1.29 is 9.47 Å². The summed E-state index contributed by atoms with van der Waals surface area (Å²) >= 11 is 0. The highest BCUT2D eigenvalue weighted by molar-refractivity contribution is 5.94. The van der Waals surface area contributed by atoms with Gasteiger partial charge >= 0.3 is 0 Å². The van der Waals surface area contributed by atoms with E-state index in [2.05, 4.69) is 24.1 Å². The van der Waals surface area contributed by atoms with Crippen molar-refractivity contribution in [1.29, 1.82) is 0 Å². The van der Waals surface area contributed by atoms with Crippen molar-refractivity contribution in [3.63, 3.8) is 0 Å². The Labute approximate surface area is 106 Å². The van der Waals surface area contributed by atoms with E-state index in [1.54, 1.807) is 0 Å². The third kappa shape index (κ3) is 1.94. The average Bonchev–Trinajstić information content (AvgIpc) is 2.36. The molecule has 0 unspecified atom stereocenters. The molecule has 4 nitrogen and oxygen atoms in total. The van der Waals surface area contributed by atoms with E-state index in [1.807, 2.05) is 24.4 Å². The Morgan fingerprint density at radius 3 is 2.61 bits per heavy atom. The van der Waals surface area contributed by atoms with Crippen LogP contribution in [0.2, 0.25) is 0 Å². The Balaban J connectivity index is 2.15. The van der Waals surface area contributed by atoms with Crippen molar-refractivity contribution in [2.45, 2.75) is 19.9 Å². The fourth-order valence-corrected chi connectivity index (χ4v) is 2.10. The van der Waals surface area contributed by atoms with E-state index >= 15 is 0 Å². The normalized spacial score (nSPS) is 13.9. The minimum Gasteiger partial charge on any atom is -0.486 e.